The second-order valence-electron chi connectivity index (χ2n) is 8.17. The van der Waals surface area contributed by atoms with Crippen LogP contribution >= 0.6 is 0 Å². The fourth-order valence-electron chi connectivity index (χ4n) is 3.92. The summed E-state index contributed by atoms with van der Waals surface area (Å²) in [5.74, 6) is 0.649. The van der Waals surface area contributed by atoms with E-state index in [9.17, 15) is 9.59 Å². The zero-order valence-electron chi connectivity index (χ0n) is 19.3. The van der Waals surface area contributed by atoms with Gasteiger partial charge in [-0.3, -0.25) is 9.59 Å². The van der Waals surface area contributed by atoms with E-state index in [0.717, 1.165) is 36.2 Å². The van der Waals surface area contributed by atoms with E-state index in [1.165, 1.54) is 10.1 Å². The highest BCUT2D eigenvalue weighted by atomic mass is 16.2. The lowest BCUT2D eigenvalue weighted by molar-refractivity contribution is -0.116. The van der Waals surface area contributed by atoms with Crippen molar-refractivity contribution < 1.29 is 4.79 Å². The first-order chi connectivity index (χ1) is 16.0. The Morgan fingerprint density at radius 1 is 1.03 bits per heavy atom. The fourth-order valence-corrected chi connectivity index (χ4v) is 3.92. The summed E-state index contributed by atoms with van der Waals surface area (Å²) in [6.07, 6.45) is 3.44. The van der Waals surface area contributed by atoms with Gasteiger partial charge in [-0.15, -0.1) is 5.10 Å². The van der Waals surface area contributed by atoms with Crippen LogP contribution in [0.5, 0.6) is 0 Å². The maximum Gasteiger partial charge on any atom is 0.279 e. The third-order valence-electron chi connectivity index (χ3n) is 5.88. The Labute approximate surface area is 193 Å². The van der Waals surface area contributed by atoms with Gasteiger partial charge < -0.3 is 9.88 Å². The molecule has 33 heavy (non-hydrogen) atoms. The molecule has 0 aliphatic rings. The van der Waals surface area contributed by atoms with Crippen LogP contribution in [0.25, 0.3) is 17.2 Å². The molecule has 4 rings (SSSR count). The Bertz CT molecular complexity index is 1320. The normalized spacial score (nSPS) is 11.1. The average molecular weight is 444 g/mol. The largest absolute Gasteiger partial charge is 0.325 e. The van der Waals surface area contributed by atoms with Gasteiger partial charge in [0.15, 0.2) is 5.82 Å². The molecule has 2 aromatic heterocycles. The number of hydrogen-bond acceptors (Lipinski definition) is 4. The Kier molecular flexibility index (Phi) is 6.68. The predicted octanol–water partition coefficient (Wildman–Crippen LogP) is 4.41. The van der Waals surface area contributed by atoms with Gasteiger partial charge in [0.05, 0.1) is 0 Å². The Morgan fingerprint density at radius 3 is 2.42 bits per heavy atom. The van der Waals surface area contributed by atoms with Gasteiger partial charge in [0, 0.05) is 22.5 Å². The molecule has 170 valence electrons. The number of hydrogen-bond donors (Lipinski definition) is 1. The number of aromatic nitrogens is 4. The molecular weight excluding hydrogens is 414 g/mol. The lowest BCUT2D eigenvalue weighted by Gasteiger charge is -2.15. The maximum absolute atomic E-state index is 13.2. The second kappa shape index (κ2) is 9.81. The van der Waals surface area contributed by atoms with E-state index in [1.807, 2.05) is 61.5 Å². The molecule has 0 unspecified atom stereocenters. The number of carbonyl (C=O) groups excluding carboxylic acids is 1. The number of benzene rings is 2. The number of anilines is 1. The monoisotopic (exact) mass is 443 g/mol. The van der Waals surface area contributed by atoms with Crippen molar-refractivity contribution in [3.8, 4) is 11.4 Å². The van der Waals surface area contributed by atoms with Crippen molar-refractivity contribution in [2.24, 2.45) is 0 Å². The fraction of sp³-hybridized carbons (Fsp3) is 0.308. The number of aryl methyl sites for hydroxylation is 1. The Morgan fingerprint density at radius 2 is 1.76 bits per heavy atom. The summed E-state index contributed by atoms with van der Waals surface area (Å²) >= 11 is 0. The highest BCUT2D eigenvalue weighted by molar-refractivity contribution is 5.90. The highest BCUT2D eigenvalue weighted by Gasteiger charge is 2.20. The van der Waals surface area contributed by atoms with E-state index < -0.39 is 0 Å². The Hall–Kier alpha value is -3.74. The lowest BCUT2D eigenvalue weighted by Crippen LogP contribution is -2.29. The summed E-state index contributed by atoms with van der Waals surface area (Å²) in [6.45, 7) is 6.10. The van der Waals surface area contributed by atoms with Crippen LogP contribution in [0.1, 0.15) is 43.5 Å². The molecule has 0 aliphatic heterocycles. The predicted molar refractivity (Wildman–Crippen MR) is 130 cm³/mol. The van der Waals surface area contributed by atoms with Gasteiger partial charge in [-0.1, -0.05) is 62.7 Å². The van der Waals surface area contributed by atoms with Gasteiger partial charge in [-0.05, 0) is 43.9 Å². The molecule has 2 heterocycles. The van der Waals surface area contributed by atoms with Gasteiger partial charge in [0.2, 0.25) is 11.7 Å². The van der Waals surface area contributed by atoms with E-state index in [4.69, 9.17) is 0 Å². The second-order valence-corrected chi connectivity index (χ2v) is 8.17. The van der Waals surface area contributed by atoms with Gasteiger partial charge in [-0.25, -0.2) is 0 Å². The van der Waals surface area contributed by atoms with Gasteiger partial charge in [0.25, 0.3) is 5.56 Å². The molecular formula is C26H29N5O2. The number of fused-ring (bicyclic) bond motifs is 1. The van der Waals surface area contributed by atoms with Crippen LogP contribution in [0.3, 0.4) is 0 Å². The molecule has 4 aromatic rings. The third kappa shape index (κ3) is 4.72. The quantitative estimate of drug-likeness (QED) is 0.437. The van der Waals surface area contributed by atoms with E-state index in [1.54, 1.807) is 4.57 Å². The zero-order chi connectivity index (χ0) is 23.4. The molecule has 0 atom stereocenters. The van der Waals surface area contributed by atoms with Crippen molar-refractivity contribution in [2.75, 3.05) is 5.32 Å². The first-order valence-corrected chi connectivity index (χ1v) is 11.4. The number of unbranched alkanes of at least 4 members (excludes halogenated alkanes) is 1. The number of carbonyl (C=O) groups is 1. The summed E-state index contributed by atoms with van der Waals surface area (Å²) in [6, 6.07) is 17.4. The molecule has 0 fully saturated rings. The van der Waals surface area contributed by atoms with Crippen molar-refractivity contribution in [1.29, 1.82) is 0 Å². The summed E-state index contributed by atoms with van der Waals surface area (Å²) in [7, 11) is 0. The highest BCUT2D eigenvalue weighted by Crippen LogP contribution is 2.18. The van der Waals surface area contributed by atoms with Crippen LogP contribution in [-0.4, -0.2) is 25.1 Å². The molecule has 0 bridgehead atoms. The molecule has 0 aliphatic carbocycles. The van der Waals surface area contributed by atoms with Gasteiger partial charge in [0.1, 0.15) is 6.54 Å². The minimum Gasteiger partial charge on any atom is -0.325 e. The average Bonchev–Trinajstić information content (AvgIpc) is 3.29. The van der Waals surface area contributed by atoms with Crippen molar-refractivity contribution >= 4 is 17.4 Å². The van der Waals surface area contributed by atoms with E-state index in [0.29, 0.717) is 23.6 Å². The van der Waals surface area contributed by atoms with Crippen LogP contribution in [0.15, 0.2) is 59.4 Å². The Balaban J connectivity index is 1.74. The van der Waals surface area contributed by atoms with Gasteiger partial charge >= 0.3 is 0 Å². The van der Waals surface area contributed by atoms with Crippen LogP contribution in [-0.2, 0) is 24.2 Å². The standard InChI is InChI=1S/C26H29N5O2/c1-4-6-12-22-18(3)30(17-23(32)27-21-15-13-19(5-2)14-16-21)26-28-24(29-31(26)25(22)33)20-10-8-7-9-11-20/h7-11,13-16H,4-6,12,17H2,1-3H3,(H,27,32). The smallest absolute Gasteiger partial charge is 0.279 e. The molecule has 2 aromatic carbocycles. The van der Waals surface area contributed by atoms with E-state index >= 15 is 0 Å². The summed E-state index contributed by atoms with van der Waals surface area (Å²) in [5, 5.41) is 7.46. The molecule has 7 nitrogen and oxygen atoms in total. The molecule has 0 saturated heterocycles. The van der Waals surface area contributed by atoms with Crippen molar-refractivity contribution in [3.63, 3.8) is 0 Å². The number of rotatable bonds is 8. The lowest BCUT2D eigenvalue weighted by atomic mass is 10.1. The number of nitrogens with one attached hydrogen (secondary N) is 1. The first-order valence-electron chi connectivity index (χ1n) is 11.4. The minimum absolute atomic E-state index is 0.0389. The SMILES string of the molecule is CCCCc1c(C)n(CC(=O)Nc2ccc(CC)cc2)c2nc(-c3ccccc3)nn2c1=O. The van der Waals surface area contributed by atoms with Crippen molar-refractivity contribution in [1.82, 2.24) is 19.2 Å². The number of amides is 1. The number of nitrogens with zero attached hydrogens (tertiary/aromatic N) is 4. The minimum atomic E-state index is -0.182. The summed E-state index contributed by atoms with van der Waals surface area (Å²) in [4.78, 5) is 30.8. The molecule has 0 saturated carbocycles. The van der Waals surface area contributed by atoms with E-state index in [2.05, 4.69) is 29.2 Å². The maximum atomic E-state index is 13.2. The van der Waals surface area contributed by atoms with Crippen LogP contribution in [0.2, 0.25) is 0 Å². The van der Waals surface area contributed by atoms with Crippen molar-refractivity contribution in [2.45, 2.75) is 53.0 Å². The first kappa shape index (κ1) is 22.5. The van der Waals surface area contributed by atoms with Crippen LogP contribution in [0, 0.1) is 6.92 Å². The molecule has 7 heteroatoms. The summed E-state index contributed by atoms with van der Waals surface area (Å²) < 4.78 is 3.13. The molecule has 1 amide bonds. The molecule has 0 radical (unpaired) electrons. The summed E-state index contributed by atoms with van der Waals surface area (Å²) in [5.41, 5.74) is 4.03. The molecule has 1 N–H and O–H groups in total. The van der Waals surface area contributed by atoms with Crippen LogP contribution < -0.4 is 10.9 Å². The molecule has 0 spiro atoms. The third-order valence-corrected chi connectivity index (χ3v) is 5.88. The van der Waals surface area contributed by atoms with E-state index in [-0.39, 0.29) is 18.0 Å². The van der Waals surface area contributed by atoms with Gasteiger partial charge in [-0.2, -0.15) is 9.50 Å². The van der Waals surface area contributed by atoms with Crippen molar-refractivity contribution in [3.05, 3.63) is 81.8 Å². The topological polar surface area (TPSA) is 81.3 Å². The zero-order valence-corrected chi connectivity index (χ0v) is 19.3. The van der Waals surface area contributed by atoms with Crippen LogP contribution in [0.4, 0.5) is 5.69 Å².